The first-order chi connectivity index (χ1) is 4.66. The lowest BCUT2D eigenvalue weighted by Crippen LogP contribution is -2.26. The maximum absolute atomic E-state index is 8.59. The molecule has 0 unspecified atom stereocenters. The second-order valence-corrected chi connectivity index (χ2v) is 2.87. The van der Waals surface area contributed by atoms with Gasteiger partial charge in [0.1, 0.15) is 0 Å². The highest BCUT2D eigenvalue weighted by Gasteiger charge is 1.99. The molecule has 3 nitrogen and oxygen atoms in total. The molecule has 0 radical (unpaired) electrons. The smallest absolute Gasteiger partial charge is 0.0729 e. The van der Waals surface area contributed by atoms with Gasteiger partial charge in [-0.15, -0.1) is 0 Å². The molecule has 2 N–H and O–H groups in total. The predicted molar refractivity (Wildman–Crippen MR) is 40.5 cm³/mol. The maximum atomic E-state index is 8.59. The molecule has 0 heterocycles. The predicted octanol–water partition coefficient (Wildman–Crippen LogP) is 0.544. The molecule has 0 bridgehead atoms. The maximum Gasteiger partial charge on any atom is 0.0729 e. The first-order valence-electron chi connectivity index (χ1n) is 3.65. The number of hydroxylamine groups is 1. The van der Waals surface area contributed by atoms with E-state index in [1.807, 2.05) is 20.8 Å². The van der Waals surface area contributed by atoms with E-state index in [9.17, 15) is 0 Å². The van der Waals surface area contributed by atoms with E-state index in [1.54, 1.807) is 0 Å². The van der Waals surface area contributed by atoms with Crippen LogP contribution in [0.1, 0.15) is 20.8 Å². The highest BCUT2D eigenvalue weighted by Crippen LogP contribution is 1.91. The molecule has 3 heteroatoms. The molecule has 0 aromatic heterocycles. The van der Waals surface area contributed by atoms with Crippen LogP contribution in [0, 0.1) is 5.92 Å². The first-order valence-corrected chi connectivity index (χ1v) is 3.65. The van der Waals surface area contributed by atoms with E-state index in [1.165, 1.54) is 0 Å². The molecule has 0 rings (SSSR count). The van der Waals surface area contributed by atoms with Crippen LogP contribution in [0.15, 0.2) is 0 Å². The van der Waals surface area contributed by atoms with Crippen molar-refractivity contribution in [2.24, 2.45) is 5.92 Å². The zero-order valence-electron chi connectivity index (χ0n) is 6.92. The van der Waals surface area contributed by atoms with E-state index in [-0.39, 0.29) is 12.5 Å². The summed E-state index contributed by atoms with van der Waals surface area (Å²) in [7, 11) is 0. The van der Waals surface area contributed by atoms with E-state index in [0.717, 1.165) is 0 Å². The lowest BCUT2D eigenvalue weighted by molar-refractivity contribution is -0.00505. The van der Waals surface area contributed by atoms with Crippen molar-refractivity contribution in [2.45, 2.75) is 26.8 Å². The molecule has 0 fully saturated rings. The third-order valence-corrected chi connectivity index (χ3v) is 0.999. The van der Waals surface area contributed by atoms with E-state index in [4.69, 9.17) is 9.94 Å². The average molecular weight is 147 g/mol. The fourth-order valence-corrected chi connectivity index (χ4v) is 0.410. The van der Waals surface area contributed by atoms with Gasteiger partial charge in [-0.25, -0.2) is 5.48 Å². The third kappa shape index (κ3) is 6.01. The molecule has 1 atom stereocenters. The van der Waals surface area contributed by atoms with Crippen molar-refractivity contribution in [3.63, 3.8) is 0 Å². The van der Waals surface area contributed by atoms with Gasteiger partial charge in [-0.05, 0) is 13.8 Å². The molecular weight excluding hydrogens is 130 g/mol. The Balaban J connectivity index is 3.03. The van der Waals surface area contributed by atoms with Gasteiger partial charge in [-0.2, -0.15) is 0 Å². The topological polar surface area (TPSA) is 41.5 Å². The van der Waals surface area contributed by atoms with Gasteiger partial charge in [0, 0.05) is 18.6 Å². The molecule has 0 spiro atoms. The Morgan fingerprint density at radius 3 is 2.40 bits per heavy atom. The quantitative estimate of drug-likeness (QED) is 0.558. The van der Waals surface area contributed by atoms with Crippen LogP contribution in [0.3, 0.4) is 0 Å². The third-order valence-electron chi connectivity index (χ3n) is 0.999. The van der Waals surface area contributed by atoms with Crippen LogP contribution in [0.4, 0.5) is 0 Å². The summed E-state index contributed by atoms with van der Waals surface area (Å²) in [6, 6.07) is 0.339. The molecule has 0 amide bonds. The molecule has 0 saturated carbocycles. The molecule has 0 aliphatic heterocycles. The minimum Gasteiger partial charge on any atom is -0.396 e. The molecule has 0 aromatic carbocycles. The summed E-state index contributed by atoms with van der Waals surface area (Å²) in [5.74, 6) is 0.214. The SMILES string of the molecule is CC(C)NOC[C@H](C)CO. The Morgan fingerprint density at radius 2 is 2.00 bits per heavy atom. The monoisotopic (exact) mass is 147 g/mol. The van der Waals surface area contributed by atoms with Gasteiger partial charge in [0.05, 0.1) is 6.61 Å². The van der Waals surface area contributed by atoms with Crippen LogP contribution >= 0.6 is 0 Å². The van der Waals surface area contributed by atoms with Crippen molar-refractivity contribution < 1.29 is 9.94 Å². The molecule has 0 aliphatic carbocycles. The molecule has 62 valence electrons. The van der Waals surface area contributed by atoms with E-state index < -0.39 is 0 Å². The van der Waals surface area contributed by atoms with Gasteiger partial charge >= 0.3 is 0 Å². The van der Waals surface area contributed by atoms with Crippen molar-refractivity contribution in [1.29, 1.82) is 0 Å². The minimum atomic E-state index is 0.180. The molecule has 10 heavy (non-hydrogen) atoms. The van der Waals surface area contributed by atoms with Crippen molar-refractivity contribution in [1.82, 2.24) is 5.48 Å². The zero-order chi connectivity index (χ0) is 7.98. The summed E-state index contributed by atoms with van der Waals surface area (Å²) in [6.45, 7) is 6.68. The molecule has 0 saturated heterocycles. The van der Waals surface area contributed by atoms with Gasteiger partial charge in [0.25, 0.3) is 0 Å². The fraction of sp³-hybridized carbons (Fsp3) is 1.00. The summed E-state index contributed by atoms with van der Waals surface area (Å²) < 4.78 is 0. The second kappa shape index (κ2) is 5.65. The normalized spacial score (nSPS) is 14.1. The number of rotatable bonds is 5. The van der Waals surface area contributed by atoms with E-state index >= 15 is 0 Å². The summed E-state index contributed by atoms with van der Waals surface area (Å²) in [4.78, 5) is 5.04. The van der Waals surface area contributed by atoms with Crippen LogP contribution in [0.25, 0.3) is 0 Å². The van der Waals surface area contributed by atoms with Crippen LogP contribution < -0.4 is 5.48 Å². The Hall–Kier alpha value is -0.120. The number of aliphatic hydroxyl groups is 1. The van der Waals surface area contributed by atoms with Crippen molar-refractivity contribution in [2.75, 3.05) is 13.2 Å². The number of nitrogens with one attached hydrogen (secondary N) is 1. The standard InChI is InChI=1S/C7H17NO2/c1-6(2)8-10-5-7(3)4-9/h6-9H,4-5H2,1-3H3/t7-/m1/s1. The Kier molecular flexibility index (Phi) is 5.58. The van der Waals surface area contributed by atoms with Crippen LogP contribution in [-0.4, -0.2) is 24.4 Å². The van der Waals surface area contributed by atoms with Gasteiger partial charge < -0.3 is 9.94 Å². The molecule has 0 aliphatic rings. The highest BCUT2D eigenvalue weighted by molar-refractivity contribution is 4.46. The lowest BCUT2D eigenvalue weighted by atomic mass is 10.2. The van der Waals surface area contributed by atoms with E-state index in [0.29, 0.717) is 12.6 Å². The van der Waals surface area contributed by atoms with Crippen LogP contribution in [0.2, 0.25) is 0 Å². The number of hydrogen-bond acceptors (Lipinski definition) is 3. The summed E-state index contributed by atoms with van der Waals surface area (Å²) in [5, 5.41) is 8.59. The van der Waals surface area contributed by atoms with Crippen LogP contribution in [0.5, 0.6) is 0 Å². The second-order valence-electron chi connectivity index (χ2n) is 2.87. The van der Waals surface area contributed by atoms with Crippen molar-refractivity contribution in [3.05, 3.63) is 0 Å². The highest BCUT2D eigenvalue weighted by atomic mass is 16.6. The van der Waals surface area contributed by atoms with Crippen LogP contribution in [-0.2, 0) is 4.84 Å². The summed E-state index contributed by atoms with van der Waals surface area (Å²) in [6.07, 6.45) is 0. The summed E-state index contributed by atoms with van der Waals surface area (Å²) in [5.41, 5.74) is 2.80. The Morgan fingerprint density at radius 1 is 1.40 bits per heavy atom. The van der Waals surface area contributed by atoms with Gasteiger partial charge in [-0.3, -0.25) is 0 Å². The minimum absolute atomic E-state index is 0.180. The molecule has 0 aromatic rings. The largest absolute Gasteiger partial charge is 0.396 e. The average Bonchev–Trinajstić information content (AvgIpc) is 1.87. The van der Waals surface area contributed by atoms with Gasteiger partial charge in [0.15, 0.2) is 0 Å². The van der Waals surface area contributed by atoms with Gasteiger partial charge in [-0.1, -0.05) is 6.92 Å². The zero-order valence-corrected chi connectivity index (χ0v) is 6.92. The molecular formula is C7H17NO2. The van der Waals surface area contributed by atoms with E-state index in [2.05, 4.69) is 5.48 Å². The van der Waals surface area contributed by atoms with Crippen molar-refractivity contribution in [3.8, 4) is 0 Å². The number of hydrogen-bond donors (Lipinski definition) is 2. The Bertz CT molecular complexity index is 76.0. The van der Waals surface area contributed by atoms with Crippen molar-refractivity contribution >= 4 is 0 Å². The van der Waals surface area contributed by atoms with Gasteiger partial charge in [0.2, 0.25) is 0 Å². The number of aliphatic hydroxyl groups excluding tert-OH is 1. The lowest BCUT2D eigenvalue weighted by Gasteiger charge is -2.11. The fourth-order valence-electron chi connectivity index (χ4n) is 0.410. The Labute approximate surface area is 62.3 Å². The first kappa shape index (κ1) is 9.88. The summed E-state index contributed by atoms with van der Waals surface area (Å²) >= 11 is 0.